The quantitative estimate of drug-likeness (QED) is 0.627. The van der Waals surface area contributed by atoms with Crippen LogP contribution in [0.3, 0.4) is 0 Å². The Morgan fingerprint density at radius 2 is 2.00 bits per heavy atom. The fourth-order valence-electron chi connectivity index (χ4n) is 2.84. The molecule has 0 bridgehead atoms. The molecule has 1 atom stereocenters. The molecule has 2 heterocycles. The molecule has 3 rings (SSSR count). The Kier molecular flexibility index (Phi) is 5.98. The fraction of sp³-hybridized carbons (Fsp3) is 0.300. The van der Waals surface area contributed by atoms with Crippen LogP contribution in [0.4, 0.5) is 4.39 Å². The number of rotatable bonds is 7. The first-order valence-electron chi connectivity index (χ1n) is 9.02. The van der Waals surface area contributed by atoms with Crippen LogP contribution in [0.15, 0.2) is 48.9 Å². The maximum absolute atomic E-state index is 13.9. The Balaban J connectivity index is 1.79. The number of nitrogens with zero attached hydrogens (tertiary/aromatic N) is 5. The number of ether oxygens (including phenoxy) is 1. The lowest BCUT2D eigenvalue weighted by Gasteiger charge is -2.28. The summed E-state index contributed by atoms with van der Waals surface area (Å²) in [6, 6.07) is 7.43. The number of aryl methyl sites for hydroxylation is 1. The number of hydrogen-bond donors (Lipinski definition) is 0. The van der Waals surface area contributed by atoms with E-state index < -0.39 is 5.82 Å². The lowest BCUT2D eigenvalue weighted by Crippen LogP contribution is -2.42. The zero-order valence-corrected chi connectivity index (χ0v) is 16.0. The van der Waals surface area contributed by atoms with Gasteiger partial charge in [-0.1, -0.05) is 6.07 Å². The van der Waals surface area contributed by atoms with Crippen molar-refractivity contribution >= 4 is 5.91 Å². The Morgan fingerprint density at radius 3 is 2.64 bits per heavy atom. The van der Waals surface area contributed by atoms with E-state index in [1.54, 1.807) is 17.2 Å². The van der Waals surface area contributed by atoms with E-state index in [1.165, 1.54) is 35.4 Å². The molecule has 28 heavy (non-hydrogen) atoms. The first-order valence-corrected chi connectivity index (χ1v) is 9.02. The van der Waals surface area contributed by atoms with Gasteiger partial charge in [0.15, 0.2) is 0 Å². The molecule has 2 aromatic heterocycles. The van der Waals surface area contributed by atoms with E-state index in [1.807, 2.05) is 26.8 Å². The van der Waals surface area contributed by atoms with Crippen molar-refractivity contribution in [2.45, 2.75) is 26.8 Å². The van der Waals surface area contributed by atoms with Crippen LogP contribution >= 0.6 is 0 Å². The summed E-state index contributed by atoms with van der Waals surface area (Å²) in [6.45, 7) is 6.39. The van der Waals surface area contributed by atoms with E-state index >= 15 is 0 Å². The van der Waals surface area contributed by atoms with Gasteiger partial charge in [-0.3, -0.25) is 4.79 Å². The third-order valence-electron chi connectivity index (χ3n) is 4.31. The van der Waals surface area contributed by atoms with Crippen molar-refractivity contribution in [3.63, 3.8) is 0 Å². The summed E-state index contributed by atoms with van der Waals surface area (Å²) in [5, 5.41) is 8.10. The number of benzene rings is 1. The van der Waals surface area contributed by atoms with Gasteiger partial charge < -0.3 is 9.64 Å². The van der Waals surface area contributed by atoms with Gasteiger partial charge in [-0.2, -0.15) is 15.0 Å². The van der Waals surface area contributed by atoms with Crippen LogP contribution in [-0.4, -0.2) is 50.0 Å². The van der Waals surface area contributed by atoms with Crippen molar-refractivity contribution in [3.05, 3.63) is 65.9 Å². The monoisotopic (exact) mass is 383 g/mol. The number of carbonyl (C=O) groups is 1. The Labute approximate surface area is 162 Å². The van der Waals surface area contributed by atoms with E-state index in [2.05, 4.69) is 15.2 Å². The third-order valence-corrected chi connectivity index (χ3v) is 4.31. The highest BCUT2D eigenvalue weighted by atomic mass is 19.1. The molecule has 1 amide bonds. The van der Waals surface area contributed by atoms with Crippen LogP contribution < -0.4 is 4.74 Å². The average molecular weight is 383 g/mol. The first-order chi connectivity index (χ1) is 13.5. The summed E-state index contributed by atoms with van der Waals surface area (Å²) in [6.07, 6.45) is 4.72. The molecule has 0 aliphatic heterocycles. The Hall–Kier alpha value is -3.29. The molecule has 0 fully saturated rings. The second kappa shape index (κ2) is 8.60. The lowest BCUT2D eigenvalue weighted by molar-refractivity contribution is 0.0645. The summed E-state index contributed by atoms with van der Waals surface area (Å²) < 4.78 is 19.6. The largest absolute Gasteiger partial charge is 0.475 e. The van der Waals surface area contributed by atoms with Gasteiger partial charge in [0.25, 0.3) is 5.91 Å². The number of hydrogen-bond acceptors (Lipinski definition) is 5. The van der Waals surface area contributed by atoms with E-state index in [-0.39, 0.29) is 24.1 Å². The number of amides is 1. The highest BCUT2D eigenvalue weighted by Gasteiger charge is 2.24. The molecule has 0 saturated heterocycles. The van der Waals surface area contributed by atoms with Gasteiger partial charge in [-0.15, -0.1) is 0 Å². The smallest absolute Gasteiger partial charge is 0.256 e. The highest BCUT2D eigenvalue weighted by molar-refractivity contribution is 5.97. The minimum absolute atomic E-state index is 0.193. The Bertz CT molecular complexity index is 928. The second-order valence-corrected chi connectivity index (χ2v) is 6.40. The minimum Gasteiger partial charge on any atom is -0.475 e. The van der Waals surface area contributed by atoms with Crippen LogP contribution in [0.2, 0.25) is 0 Å². The van der Waals surface area contributed by atoms with Gasteiger partial charge in [0.05, 0.1) is 29.7 Å². The van der Waals surface area contributed by atoms with Crippen molar-refractivity contribution in [2.24, 2.45) is 0 Å². The summed E-state index contributed by atoms with van der Waals surface area (Å²) in [5.41, 5.74) is 1.65. The van der Waals surface area contributed by atoms with Gasteiger partial charge in [0.2, 0.25) is 5.88 Å². The van der Waals surface area contributed by atoms with Crippen molar-refractivity contribution < 1.29 is 13.9 Å². The normalized spacial score (nSPS) is 11.9. The highest BCUT2D eigenvalue weighted by Crippen LogP contribution is 2.19. The molecule has 1 aromatic carbocycles. The minimum atomic E-state index is -0.497. The number of halogens is 1. The summed E-state index contributed by atoms with van der Waals surface area (Å²) in [4.78, 5) is 20.3. The van der Waals surface area contributed by atoms with Crippen molar-refractivity contribution in [3.8, 4) is 11.6 Å². The zero-order valence-electron chi connectivity index (χ0n) is 16.0. The molecule has 146 valence electrons. The fourth-order valence-corrected chi connectivity index (χ4v) is 2.84. The van der Waals surface area contributed by atoms with Gasteiger partial charge >= 0.3 is 0 Å². The third kappa shape index (κ3) is 4.33. The van der Waals surface area contributed by atoms with Crippen molar-refractivity contribution in [1.29, 1.82) is 0 Å². The molecule has 0 saturated carbocycles. The van der Waals surface area contributed by atoms with Crippen molar-refractivity contribution in [2.75, 3.05) is 13.2 Å². The SMILES string of the molecule is CCN(C(=O)c1cc(F)ccc1-n1nccn1)[C@@H](C)COc1ccc(C)cn1. The predicted molar refractivity (Wildman–Crippen MR) is 102 cm³/mol. The van der Waals surface area contributed by atoms with Crippen molar-refractivity contribution in [1.82, 2.24) is 24.9 Å². The van der Waals surface area contributed by atoms with E-state index in [0.29, 0.717) is 18.1 Å². The molecular formula is C20H22FN5O2. The number of likely N-dealkylation sites (N-methyl/N-ethyl adjacent to an activating group) is 1. The molecule has 0 unspecified atom stereocenters. The maximum Gasteiger partial charge on any atom is 0.256 e. The maximum atomic E-state index is 13.9. The van der Waals surface area contributed by atoms with E-state index in [9.17, 15) is 9.18 Å². The molecule has 0 spiro atoms. The number of aromatic nitrogens is 4. The molecule has 3 aromatic rings. The molecular weight excluding hydrogens is 361 g/mol. The number of carbonyl (C=O) groups excluding carboxylic acids is 1. The molecule has 7 nitrogen and oxygen atoms in total. The van der Waals surface area contributed by atoms with Gasteiger partial charge in [0, 0.05) is 18.8 Å². The first kappa shape index (κ1) is 19.5. The topological polar surface area (TPSA) is 73.1 Å². The van der Waals surface area contributed by atoms with Crippen LogP contribution in [0.5, 0.6) is 5.88 Å². The molecule has 8 heteroatoms. The van der Waals surface area contributed by atoms with Crippen LogP contribution in [0.1, 0.15) is 29.8 Å². The van der Waals surface area contributed by atoms with Crippen LogP contribution in [-0.2, 0) is 0 Å². The number of pyridine rings is 1. The van der Waals surface area contributed by atoms with Crippen LogP contribution in [0.25, 0.3) is 5.69 Å². The lowest BCUT2D eigenvalue weighted by atomic mass is 10.1. The summed E-state index contributed by atoms with van der Waals surface area (Å²) in [7, 11) is 0. The molecule has 0 N–H and O–H groups in total. The standard InChI is InChI=1S/C20H22FN5O2/c1-4-25(15(3)13-28-19-8-5-14(2)12-22-19)20(27)17-11-16(21)6-7-18(17)26-23-9-10-24-26/h5-12,15H,4,13H2,1-3H3/t15-/m0/s1. The van der Waals surface area contributed by atoms with Gasteiger partial charge in [-0.05, 0) is 44.5 Å². The molecule has 0 radical (unpaired) electrons. The molecule has 0 aliphatic carbocycles. The second-order valence-electron chi connectivity index (χ2n) is 6.40. The zero-order chi connectivity index (χ0) is 20.1. The predicted octanol–water partition coefficient (Wildman–Crippen LogP) is 3.04. The average Bonchev–Trinajstić information content (AvgIpc) is 3.22. The molecule has 0 aliphatic rings. The summed E-state index contributed by atoms with van der Waals surface area (Å²) >= 11 is 0. The Morgan fingerprint density at radius 1 is 1.25 bits per heavy atom. The van der Waals surface area contributed by atoms with Gasteiger partial charge in [0.1, 0.15) is 12.4 Å². The summed E-state index contributed by atoms with van der Waals surface area (Å²) in [5.74, 6) is -0.321. The van der Waals surface area contributed by atoms with E-state index in [0.717, 1.165) is 5.56 Å². The van der Waals surface area contributed by atoms with Crippen LogP contribution in [0, 0.1) is 12.7 Å². The van der Waals surface area contributed by atoms with E-state index in [4.69, 9.17) is 4.74 Å². The van der Waals surface area contributed by atoms with Gasteiger partial charge in [-0.25, -0.2) is 9.37 Å².